The Bertz CT molecular complexity index is 593. The van der Waals surface area contributed by atoms with E-state index in [-0.39, 0.29) is 0 Å². The Hall–Kier alpha value is -1.51. The normalized spacial score (nSPS) is 16.4. The zero-order valence-electron chi connectivity index (χ0n) is 10.1. The van der Waals surface area contributed by atoms with Gasteiger partial charge in [-0.25, -0.2) is 21.9 Å². The van der Waals surface area contributed by atoms with E-state index >= 15 is 0 Å². The van der Waals surface area contributed by atoms with Gasteiger partial charge in [-0.1, -0.05) is 6.42 Å². The van der Waals surface area contributed by atoms with Gasteiger partial charge in [0, 0.05) is 7.05 Å². The van der Waals surface area contributed by atoms with Crippen LogP contribution in [0.5, 0.6) is 0 Å². The second-order valence-corrected chi connectivity index (χ2v) is 6.36. The summed E-state index contributed by atoms with van der Waals surface area (Å²) in [5.41, 5.74) is -1.01. The van der Waals surface area contributed by atoms with Crippen LogP contribution in [0.3, 0.4) is 0 Å². The van der Waals surface area contributed by atoms with E-state index in [4.69, 9.17) is 0 Å². The summed E-state index contributed by atoms with van der Waals surface area (Å²) in [6.07, 6.45) is -0.212. The van der Waals surface area contributed by atoms with Gasteiger partial charge in [0.05, 0.1) is 17.0 Å². The van der Waals surface area contributed by atoms with Crippen molar-refractivity contribution in [3.8, 4) is 0 Å². The van der Waals surface area contributed by atoms with Gasteiger partial charge in [-0.05, 0) is 12.8 Å². The number of hydrogen-bond donors (Lipinski definition) is 1. The molecule has 1 heterocycles. The van der Waals surface area contributed by atoms with Crippen molar-refractivity contribution in [2.75, 3.05) is 0 Å². The summed E-state index contributed by atoms with van der Waals surface area (Å²) in [5, 5.41) is 2.94. The number of nitrogens with zero attached hydrogens (tertiary/aromatic N) is 2. The number of aromatic nitrogens is 2. The number of sulfonamides is 1. The van der Waals surface area contributed by atoms with Crippen LogP contribution in [0.2, 0.25) is 0 Å². The third-order valence-electron chi connectivity index (χ3n) is 3.16. The van der Waals surface area contributed by atoms with Gasteiger partial charge in [-0.15, -0.1) is 0 Å². The minimum atomic E-state index is -3.79. The van der Waals surface area contributed by atoms with Crippen LogP contribution in [-0.4, -0.2) is 29.4 Å². The van der Waals surface area contributed by atoms with E-state index in [1.807, 2.05) is 4.72 Å². The first-order valence-corrected chi connectivity index (χ1v) is 7.23. The molecule has 1 saturated carbocycles. The molecular formula is C10H13F2N3O3S. The smallest absolute Gasteiger partial charge is 0.268 e. The van der Waals surface area contributed by atoms with Crippen LogP contribution in [0.15, 0.2) is 6.20 Å². The lowest BCUT2D eigenvalue weighted by molar-refractivity contribution is 0.0963. The molecule has 0 bridgehead atoms. The van der Waals surface area contributed by atoms with Gasteiger partial charge >= 0.3 is 0 Å². The first-order valence-electron chi connectivity index (χ1n) is 5.69. The van der Waals surface area contributed by atoms with Crippen molar-refractivity contribution in [3.63, 3.8) is 0 Å². The Kier molecular flexibility index (Phi) is 3.57. The summed E-state index contributed by atoms with van der Waals surface area (Å²) < 4.78 is 51.7. The lowest BCUT2D eigenvalue weighted by Gasteiger charge is -2.25. The number of halogens is 2. The number of aryl methyl sites for hydroxylation is 1. The van der Waals surface area contributed by atoms with E-state index in [0.29, 0.717) is 12.8 Å². The van der Waals surface area contributed by atoms with Crippen molar-refractivity contribution in [2.45, 2.75) is 30.9 Å². The maximum atomic E-state index is 12.8. The fourth-order valence-corrected chi connectivity index (χ4v) is 3.32. The van der Waals surface area contributed by atoms with Crippen LogP contribution in [0.4, 0.5) is 8.78 Å². The molecule has 0 aromatic carbocycles. The van der Waals surface area contributed by atoms with Gasteiger partial charge in [-0.2, -0.15) is 5.10 Å². The molecule has 9 heteroatoms. The Morgan fingerprint density at radius 2 is 2.16 bits per heavy atom. The highest BCUT2D eigenvalue weighted by atomic mass is 32.2. The fourth-order valence-electron chi connectivity index (χ4n) is 1.83. The first kappa shape index (κ1) is 13.9. The molecule has 0 saturated heterocycles. The molecule has 6 nitrogen and oxygen atoms in total. The van der Waals surface area contributed by atoms with Crippen LogP contribution in [0.25, 0.3) is 0 Å². The third kappa shape index (κ3) is 2.60. The lowest BCUT2D eigenvalue weighted by Crippen LogP contribution is -2.41. The van der Waals surface area contributed by atoms with Crippen LogP contribution in [0.1, 0.15) is 41.7 Å². The van der Waals surface area contributed by atoms with Crippen molar-refractivity contribution in [2.24, 2.45) is 7.05 Å². The van der Waals surface area contributed by atoms with E-state index in [9.17, 15) is 22.0 Å². The molecule has 1 aromatic rings. The van der Waals surface area contributed by atoms with Crippen molar-refractivity contribution < 1.29 is 22.0 Å². The van der Waals surface area contributed by atoms with Crippen molar-refractivity contribution in [1.29, 1.82) is 0 Å². The van der Waals surface area contributed by atoms with Crippen LogP contribution in [0, 0.1) is 0 Å². The molecular weight excluding hydrogens is 280 g/mol. The molecule has 0 atom stereocenters. The monoisotopic (exact) mass is 293 g/mol. The maximum absolute atomic E-state index is 12.8. The first-order chi connectivity index (χ1) is 8.83. The summed E-state index contributed by atoms with van der Waals surface area (Å²) >= 11 is 0. The molecule has 1 aliphatic rings. The zero-order chi connectivity index (χ0) is 14.2. The Morgan fingerprint density at radius 3 is 2.63 bits per heavy atom. The molecule has 1 amide bonds. The number of hydrogen-bond acceptors (Lipinski definition) is 4. The third-order valence-corrected chi connectivity index (χ3v) is 4.98. The number of carbonyl (C=O) groups excluding carboxylic acids is 1. The molecule has 1 fully saturated rings. The average molecular weight is 293 g/mol. The Labute approximate surface area is 108 Å². The van der Waals surface area contributed by atoms with E-state index < -0.39 is 38.9 Å². The van der Waals surface area contributed by atoms with Crippen molar-refractivity contribution >= 4 is 15.9 Å². The summed E-state index contributed by atoms with van der Waals surface area (Å²) in [6, 6.07) is 0. The molecule has 1 aliphatic carbocycles. The number of nitrogens with one attached hydrogen (secondary N) is 1. The van der Waals surface area contributed by atoms with Crippen LogP contribution >= 0.6 is 0 Å². The molecule has 19 heavy (non-hydrogen) atoms. The summed E-state index contributed by atoms with van der Waals surface area (Å²) in [6.45, 7) is 0. The van der Waals surface area contributed by atoms with Gasteiger partial charge < -0.3 is 0 Å². The number of rotatable bonds is 4. The minimum absolute atomic E-state index is 0.416. The van der Waals surface area contributed by atoms with E-state index in [2.05, 4.69) is 5.10 Å². The highest BCUT2D eigenvalue weighted by Gasteiger charge is 2.34. The maximum Gasteiger partial charge on any atom is 0.280 e. The zero-order valence-corrected chi connectivity index (χ0v) is 11.0. The standard InChI is InChI=1S/C10H13F2N3O3S/c1-15-8(9(11)12)7(5-13-15)10(16)14-19(17,18)6-3-2-4-6/h5-6,9H,2-4H2,1H3,(H,14,16). The Morgan fingerprint density at radius 1 is 1.53 bits per heavy atom. The topological polar surface area (TPSA) is 81.1 Å². The van der Waals surface area contributed by atoms with Crippen LogP contribution in [-0.2, 0) is 17.1 Å². The lowest BCUT2D eigenvalue weighted by atomic mass is 10.0. The SMILES string of the molecule is Cn1ncc(C(=O)NS(=O)(=O)C2CCC2)c1C(F)F. The molecule has 1 N–H and O–H groups in total. The molecule has 0 aliphatic heterocycles. The van der Waals surface area contributed by atoms with Gasteiger partial charge in [0.25, 0.3) is 12.3 Å². The number of carbonyl (C=O) groups is 1. The molecule has 1 aromatic heterocycles. The molecule has 2 rings (SSSR count). The van der Waals surface area contributed by atoms with Crippen LogP contribution < -0.4 is 4.72 Å². The van der Waals surface area contributed by atoms with Crippen molar-refractivity contribution in [3.05, 3.63) is 17.5 Å². The Balaban J connectivity index is 2.21. The second kappa shape index (κ2) is 4.87. The van der Waals surface area contributed by atoms with Gasteiger partial charge in [0.1, 0.15) is 5.69 Å². The van der Waals surface area contributed by atoms with E-state index in [1.54, 1.807) is 0 Å². The number of alkyl halides is 2. The summed E-state index contributed by atoms with van der Waals surface area (Å²) in [5.74, 6) is -1.06. The largest absolute Gasteiger partial charge is 0.280 e. The average Bonchev–Trinajstić information content (AvgIpc) is 2.55. The van der Waals surface area contributed by atoms with Gasteiger partial charge in [0.2, 0.25) is 10.0 Å². The quantitative estimate of drug-likeness (QED) is 0.897. The fraction of sp³-hybridized carbons (Fsp3) is 0.600. The molecule has 0 unspecified atom stereocenters. The van der Waals surface area contributed by atoms with Crippen molar-refractivity contribution in [1.82, 2.24) is 14.5 Å². The van der Waals surface area contributed by atoms with E-state index in [1.165, 1.54) is 7.05 Å². The van der Waals surface area contributed by atoms with Gasteiger partial charge in [0.15, 0.2) is 0 Å². The van der Waals surface area contributed by atoms with Gasteiger partial charge in [-0.3, -0.25) is 9.48 Å². The van der Waals surface area contributed by atoms with E-state index in [0.717, 1.165) is 17.3 Å². The predicted octanol–water partition coefficient (Wildman–Crippen LogP) is 0.970. The highest BCUT2D eigenvalue weighted by Crippen LogP contribution is 2.26. The number of amides is 1. The minimum Gasteiger partial charge on any atom is -0.268 e. The highest BCUT2D eigenvalue weighted by molar-refractivity contribution is 7.90. The second-order valence-electron chi connectivity index (χ2n) is 4.40. The molecule has 106 valence electrons. The molecule has 0 spiro atoms. The predicted molar refractivity (Wildman–Crippen MR) is 62.2 cm³/mol. The summed E-state index contributed by atoms with van der Waals surface area (Å²) in [4.78, 5) is 11.8. The summed E-state index contributed by atoms with van der Waals surface area (Å²) in [7, 11) is -2.52. The molecule has 0 radical (unpaired) electrons.